The zero-order chi connectivity index (χ0) is 14.0. The molecule has 0 bridgehead atoms. The number of hydrogen-bond donors (Lipinski definition) is 1. The van der Waals surface area contributed by atoms with Gasteiger partial charge >= 0.3 is 0 Å². The first-order valence-corrected chi connectivity index (χ1v) is 8.36. The molecule has 1 nitrogen and oxygen atoms in total. The van der Waals surface area contributed by atoms with E-state index in [1.165, 1.54) is 77.0 Å². The maximum atomic E-state index is 8.48. The van der Waals surface area contributed by atoms with E-state index in [9.17, 15) is 0 Å². The fraction of sp³-hybridized carbons (Fsp3) is 0.778. The SMILES string of the molecule is CCCCCC=CCCCCCCCCCC=CO. The van der Waals surface area contributed by atoms with E-state index in [1.54, 1.807) is 0 Å². The van der Waals surface area contributed by atoms with Gasteiger partial charge in [-0.15, -0.1) is 0 Å². The molecule has 0 heterocycles. The Hall–Kier alpha value is -0.720. The van der Waals surface area contributed by atoms with Gasteiger partial charge in [0, 0.05) is 0 Å². The predicted molar refractivity (Wildman–Crippen MR) is 86.6 cm³/mol. The lowest BCUT2D eigenvalue weighted by molar-refractivity contribution is 0.469. The van der Waals surface area contributed by atoms with Crippen LogP contribution in [-0.2, 0) is 0 Å². The van der Waals surface area contributed by atoms with Gasteiger partial charge in [-0.05, 0) is 38.5 Å². The highest BCUT2D eigenvalue weighted by Gasteiger charge is 1.90. The van der Waals surface area contributed by atoms with Crippen LogP contribution < -0.4 is 0 Å². The monoisotopic (exact) mass is 266 g/mol. The molecule has 0 aromatic heterocycles. The molecule has 0 atom stereocenters. The molecule has 0 spiro atoms. The fourth-order valence-electron chi connectivity index (χ4n) is 2.23. The third-order valence-electron chi connectivity index (χ3n) is 3.49. The summed E-state index contributed by atoms with van der Waals surface area (Å²) < 4.78 is 0. The van der Waals surface area contributed by atoms with Gasteiger partial charge in [0.25, 0.3) is 0 Å². The number of aliphatic hydroxyl groups is 1. The summed E-state index contributed by atoms with van der Waals surface area (Å²) in [7, 11) is 0. The molecule has 112 valence electrons. The van der Waals surface area contributed by atoms with E-state index in [0.29, 0.717) is 0 Å². The largest absolute Gasteiger partial charge is 0.516 e. The average molecular weight is 266 g/mol. The third-order valence-corrected chi connectivity index (χ3v) is 3.49. The molecule has 0 aliphatic carbocycles. The Morgan fingerprint density at radius 2 is 1.00 bits per heavy atom. The van der Waals surface area contributed by atoms with Crippen LogP contribution in [-0.4, -0.2) is 5.11 Å². The lowest BCUT2D eigenvalue weighted by Gasteiger charge is -2.00. The molecule has 0 radical (unpaired) electrons. The molecule has 0 saturated carbocycles. The molecule has 0 aliphatic heterocycles. The molecule has 0 fully saturated rings. The Bertz CT molecular complexity index is 206. The van der Waals surface area contributed by atoms with Crippen LogP contribution in [0, 0.1) is 0 Å². The Morgan fingerprint density at radius 1 is 0.579 bits per heavy atom. The fourth-order valence-corrected chi connectivity index (χ4v) is 2.23. The van der Waals surface area contributed by atoms with Gasteiger partial charge in [-0.25, -0.2) is 0 Å². The topological polar surface area (TPSA) is 20.2 Å². The van der Waals surface area contributed by atoms with E-state index in [0.717, 1.165) is 12.7 Å². The smallest absolute Gasteiger partial charge is 0.0751 e. The van der Waals surface area contributed by atoms with Crippen molar-refractivity contribution in [2.45, 2.75) is 90.4 Å². The van der Waals surface area contributed by atoms with Crippen molar-refractivity contribution in [1.29, 1.82) is 0 Å². The molecule has 0 aromatic carbocycles. The number of aliphatic hydroxyl groups excluding tert-OH is 1. The summed E-state index contributed by atoms with van der Waals surface area (Å²) in [5.41, 5.74) is 0. The zero-order valence-corrected chi connectivity index (χ0v) is 12.9. The minimum Gasteiger partial charge on any atom is -0.516 e. The van der Waals surface area contributed by atoms with E-state index in [4.69, 9.17) is 5.11 Å². The van der Waals surface area contributed by atoms with Gasteiger partial charge in [0.1, 0.15) is 0 Å². The first-order chi connectivity index (χ1) is 9.41. The Morgan fingerprint density at radius 3 is 1.47 bits per heavy atom. The Kier molecular flexibility index (Phi) is 16.6. The minimum absolute atomic E-state index is 1.03. The van der Waals surface area contributed by atoms with Gasteiger partial charge in [0.2, 0.25) is 0 Å². The van der Waals surface area contributed by atoms with Crippen LogP contribution in [0.4, 0.5) is 0 Å². The van der Waals surface area contributed by atoms with Crippen molar-refractivity contribution in [2.75, 3.05) is 0 Å². The Balaban J connectivity index is 3.02. The summed E-state index contributed by atoms with van der Waals surface area (Å²) in [4.78, 5) is 0. The standard InChI is InChI=1S/C18H34O/c1-2-3-4-5-6-7-8-9-10-11-12-13-14-15-16-17-18-19/h6-7,17-19H,2-5,8-16H2,1H3. The molecule has 19 heavy (non-hydrogen) atoms. The van der Waals surface area contributed by atoms with Gasteiger partial charge in [-0.1, -0.05) is 70.1 Å². The van der Waals surface area contributed by atoms with Crippen molar-refractivity contribution in [3.8, 4) is 0 Å². The molecule has 0 amide bonds. The van der Waals surface area contributed by atoms with Crippen LogP contribution in [0.1, 0.15) is 90.4 Å². The van der Waals surface area contributed by atoms with Gasteiger partial charge in [0.15, 0.2) is 0 Å². The lowest BCUT2D eigenvalue weighted by Crippen LogP contribution is -1.80. The molecule has 0 aromatic rings. The van der Waals surface area contributed by atoms with Crippen LogP contribution in [0.15, 0.2) is 24.5 Å². The second-order valence-corrected chi connectivity index (χ2v) is 5.40. The highest BCUT2D eigenvalue weighted by Crippen LogP contribution is 2.10. The maximum Gasteiger partial charge on any atom is 0.0751 e. The van der Waals surface area contributed by atoms with Crippen molar-refractivity contribution in [2.24, 2.45) is 0 Å². The van der Waals surface area contributed by atoms with E-state index in [1.807, 2.05) is 6.08 Å². The Labute approximate surface area is 120 Å². The second-order valence-electron chi connectivity index (χ2n) is 5.40. The molecular formula is C18H34O. The molecule has 0 saturated heterocycles. The average Bonchev–Trinajstić information content (AvgIpc) is 2.43. The maximum absolute atomic E-state index is 8.48. The second kappa shape index (κ2) is 17.3. The van der Waals surface area contributed by atoms with Crippen molar-refractivity contribution in [1.82, 2.24) is 0 Å². The molecule has 0 rings (SSSR count). The first kappa shape index (κ1) is 18.3. The molecule has 0 unspecified atom stereocenters. The van der Waals surface area contributed by atoms with E-state index >= 15 is 0 Å². The van der Waals surface area contributed by atoms with Crippen molar-refractivity contribution in [3.63, 3.8) is 0 Å². The van der Waals surface area contributed by atoms with Crippen molar-refractivity contribution in [3.05, 3.63) is 24.5 Å². The summed E-state index contributed by atoms with van der Waals surface area (Å²) in [6.45, 7) is 2.26. The number of rotatable bonds is 14. The number of allylic oxidation sites excluding steroid dienone is 3. The van der Waals surface area contributed by atoms with Gasteiger partial charge in [-0.3, -0.25) is 0 Å². The van der Waals surface area contributed by atoms with Gasteiger partial charge < -0.3 is 5.11 Å². The number of hydrogen-bond acceptors (Lipinski definition) is 1. The summed E-state index contributed by atoms with van der Waals surface area (Å²) in [6, 6.07) is 0. The summed E-state index contributed by atoms with van der Waals surface area (Å²) in [6.07, 6.45) is 24.8. The highest BCUT2D eigenvalue weighted by molar-refractivity contribution is 4.81. The van der Waals surface area contributed by atoms with E-state index in [2.05, 4.69) is 19.1 Å². The normalized spacial score (nSPS) is 11.8. The van der Waals surface area contributed by atoms with E-state index in [-0.39, 0.29) is 0 Å². The van der Waals surface area contributed by atoms with Crippen molar-refractivity contribution < 1.29 is 5.11 Å². The van der Waals surface area contributed by atoms with Crippen LogP contribution in [0.25, 0.3) is 0 Å². The molecular weight excluding hydrogens is 232 g/mol. The minimum atomic E-state index is 1.03. The number of unbranched alkanes of at least 4 members (excludes halogenated alkanes) is 11. The van der Waals surface area contributed by atoms with Crippen LogP contribution >= 0.6 is 0 Å². The van der Waals surface area contributed by atoms with Crippen LogP contribution in [0.2, 0.25) is 0 Å². The molecule has 0 aliphatic rings. The van der Waals surface area contributed by atoms with Crippen LogP contribution in [0.3, 0.4) is 0 Å². The van der Waals surface area contributed by atoms with Gasteiger partial charge in [0.05, 0.1) is 6.26 Å². The zero-order valence-electron chi connectivity index (χ0n) is 12.9. The predicted octanol–water partition coefficient (Wildman–Crippen LogP) is 6.71. The third kappa shape index (κ3) is 17.3. The quantitative estimate of drug-likeness (QED) is 0.210. The van der Waals surface area contributed by atoms with Crippen LogP contribution in [0.5, 0.6) is 0 Å². The first-order valence-electron chi connectivity index (χ1n) is 8.36. The summed E-state index contributed by atoms with van der Waals surface area (Å²) in [5, 5.41) is 8.48. The molecule has 1 N–H and O–H groups in total. The van der Waals surface area contributed by atoms with E-state index < -0.39 is 0 Å². The van der Waals surface area contributed by atoms with Gasteiger partial charge in [-0.2, -0.15) is 0 Å². The molecule has 1 heteroatoms. The van der Waals surface area contributed by atoms with Crippen molar-refractivity contribution >= 4 is 0 Å². The highest BCUT2D eigenvalue weighted by atomic mass is 16.2. The summed E-state index contributed by atoms with van der Waals surface area (Å²) >= 11 is 0. The summed E-state index contributed by atoms with van der Waals surface area (Å²) in [5.74, 6) is 0. The lowest BCUT2D eigenvalue weighted by atomic mass is 10.1.